The van der Waals surface area contributed by atoms with E-state index in [0.717, 1.165) is 68.9 Å². The summed E-state index contributed by atoms with van der Waals surface area (Å²) in [6.45, 7) is 15.0. The van der Waals surface area contributed by atoms with Crippen LogP contribution >= 0.6 is 0 Å². The fraction of sp³-hybridized carbons (Fsp3) is 0.655. The number of fused-ring (bicyclic) bond motifs is 1. The molecule has 0 amide bonds. The number of hydrogen-bond acceptors (Lipinski definition) is 5. The van der Waals surface area contributed by atoms with Crippen molar-refractivity contribution in [3.63, 3.8) is 0 Å². The highest BCUT2D eigenvalue weighted by atomic mass is 16.2. The zero-order valence-electron chi connectivity index (χ0n) is 22.0. The lowest BCUT2D eigenvalue weighted by molar-refractivity contribution is 0.281. The third kappa shape index (κ3) is 5.31. The number of piperidine rings is 1. The SMILES string of the molecule is CCc1cnc(-c2ccc3c(c2)C(C)(C)CCC3(C)C)nc1N1CCC(NCCCCO)CC1. The van der Waals surface area contributed by atoms with Gasteiger partial charge in [0, 0.05) is 43.1 Å². The van der Waals surface area contributed by atoms with Crippen LogP contribution in [0.1, 0.15) is 89.8 Å². The van der Waals surface area contributed by atoms with Gasteiger partial charge in [-0.3, -0.25) is 0 Å². The number of hydrogen-bond donors (Lipinski definition) is 2. The van der Waals surface area contributed by atoms with Crippen LogP contribution in [0.3, 0.4) is 0 Å². The summed E-state index contributed by atoms with van der Waals surface area (Å²) in [5.41, 5.74) is 5.70. The van der Waals surface area contributed by atoms with Crippen molar-refractivity contribution in [2.45, 2.75) is 96.4 Å². The van der Waals surface area contributed by atoms with Crippen molar-refractivity contribution >= 4 is 5.82 Å². The molecule has 2 heterocycles. The van der Waals surface area contributed by atoms with E-state index < -0.39 is 0 Å². The summed E-state index contributed by atoms with van der Waals surface area (Å²) in [4.78, 5) is 12.4. The van der Waals surface area contributed by atoms with E-state index in [1.54, 1.807) is 0 Å². The second-order valence-electron chi connectivity index (χ2n) is 11.6. The van der Waals surface area contributed by atoms with Crippen molar-refractivity contribution in [2.24, 2.45) is 0 Å². The van der Waals surface area contributed by atoms with Crippen molar-refractivity contribution in [1.82, 2.24) is 15.3 Å². The Hall–Kier alpha value is -1.98. The standard InChI is InChI=1S/C29H44N4O/c1-6-21-20-31-26(22-9-10-24-25(19-22)29(4,5)14-13-28(24,2)3)32-27(21)33-16-11-23(12-17-33)30-15-7-8-18-34/h9-10,19-20,23,30,34H,6-8,11-18H2,1-5H3. The molecule has 2 aromatic rings. The number of nitrogens with one attached hydrogen (secondary N) is 1. The number of unbranched alkanes of at least 4 members (excludes halogenated alkanes) is 1. The molecule has 1 saturated heterocycles. The van der Waals surface area contributed by atoms with Gasteiger partial charge < -0.3 is 15.3 Å². The van der Waals surface area contributed by atoms with E-state index in [4.69, 9.17) is 15.1 Å². The number of benzene rings is 1. The molecule has 0 saturated carbocycles. The summed E-state index contributed by atoms with van der Waals surface area (Å²) in [5.74, 6) is 1.96. The van der Waals surface area contributed by atoms with E-state index in [1.165, 1.54) is 29.5 Å². The summed E-state index contributed by atoms with van der Waals surface area (Å²) < 4.78 is 0. The number of nitrogens with zero attached hydrogens (tertiary/aromatic N) is 3. The fourth-order valence-corrected chi connectivity index (χ4v) is 5.63. The van der Waals surface area contributed by atoms with E-state index in [9.17, 15) is 0 Å². The molecule has 0 bridgehead atoms. The Morgan fingerprint density at radius 1 is 1.03 bits per heavy atom. The molecular formula is C29H44N4O. The Balaban J connectivity index is 1.55. The average molecular weight is 465 g/mol. The van der Waals surface area contributed by atoms with Crippen molar-refractivity contribution in [3.8, 4) is 11.4 Å². The largest absolute Gasteiger partial charge is 0.396 e. The lowest BCUT2D eigenvalue weighted by Crippen LogP contribution is -2.43. The first kappa shape index (κ1) is 25.1. The molecule has 2 N–H and O–H groups in total. The van der Waals surface area contributed by atoms with Gasteiger partial charge in [0.15, 0.2) is 5.82 Å². The Morgan fingerprint density at radius 3 is 2.41 bits per heavy atom. The Morgan fingerprint density at radius 2 is 1.74 bits per heavy atom. The van der Waals surface area contributed by atoms with Crippen LogP contribution in [0.25, 0.3) is 11.4 Å². The summed E-state index contributed by atoms with van der Waals surface area (Å²) in [7, 11) is 0. The molecule has 2 aliphatic rings. The highest BCUT2D eigenvalue weighted by Gasteiger charge is 2.37. The molecule has 5 nitrogen and oxygen atoms in total. The minimum absolute atomic E-state index is 0.180. The van der Waals surface area contributed by atoms with Gasteiger partial charge in [-0.2, -0.15) is 0 Å². The van der Waals surface area contributed by atoms with Crippen LogP contribution in [0.5, 0.6) is 0 Å². The normalized spacial score (nSPS) is 19.8. The van der Waals surface area contributed by atoms with Gasteiger partial charge in [-0.05, 0) is 79.5 Å². The van der Waals surface area contributed by atoms with E-state index in [0.29, 0.717) is 6.04 Å². The number of aliphatic hydroxyl groups is 1. The van der Waals surface area contributed by atoms with Crippen LogP contribution in [-0.4, -0.2) is 47.4 Å². The van der Waals surface area contributed by atoms with Crippen LogP contribution < -0.4 is 10.2 Å². The van der Waals surface area contributed by atoms with Gasteiger partial charge in [0.1, 0.15) is 5.82 Å². The minimum atomic E-state index is 0.180. The quantitative estimate of drug-likeness (QED) is 0.513. The maximum absolute atomic E-state index is 8.98. The van der Waals surface area contributed by atoms with E-state index >= 15 is 0 Å². The first-order valence-electron chi connectivity index (χ1n) is 13.4. The number of aryl methyl sites for hydroxylation is 1. The predicted molar refractivity (Wildman–Crippen MR) is 142 cm³/mol. The molecule has 34 heavy (non-hydrogen) atoms. The van der Waals surface area contributed by atoms with Crippen molar-refractivity contribution < 1.29 is 5.11 Å². The van der Waals surface area contributed by atoms with Crippen molar-refractivity contribution in [2.75, 3.05) is 31.1 Å². The first-order chi connectivity index (χ1) is 16.2. The van der Waals surface area contributed by atoms with Crippen LogP contribution in [0, 0.1) is 0 Å². The van der Waals surface area contributed by atoms with Gasteiger partial charge >= 0.3 is 0 Å². The van der Waals surface area contributed by atoms with Gasteiger partial charge in [-0.25, -0.2) is 9.97 Å². The molecule has 0 radical (unpaired) electrons. The van der Waals surface area contributed by atoms with Crippen molar-refractivity contribution in [3.05, 3.63) is 41.1 Å². The predicted octanol–water partition coefficient (Wildman–Crippen LogP) is 5.39. The third-order valence-electron chi connectivity index (χ3n) is 8.15. The number of aromatic nitrogens is 2. The molecule has 5 heteroatoms. The number of rotatable bonds is 8. The zero-order chi connectivity index (χ0) is 24.3. The van der Waals surface area contributed by atoms with Gasteiger partial charge in [-0.15, -0.1) is 0 Å². The second-order valence-corrected chi connectivity index (χ2v) is 11.6. The molecule has 0 unspecified atom stereocenters. The molecule has 1 aromatic heterocycles. The summed E-state index contributed by atoms with van der Waals surface area (Å²) in [5, 5.41) is 12.6. The smallest absolute Gasteiger partial charge is 0.161 e. The van der Waals surface area contributed by atoms with Gasteiger partial charge in [-0.1, -0.05) is 46.8 Å². The molecular weight excluding hydrogens is 420 g/mol. The maximum atomic E-state index is 8.98. The highest BCUT2D eigenvalue weighted by molar-refractivity contribution is 5.63. The average Bonchev–Trinajstić information content (AvgIpc) is 2.84. The van der Waals surface area contributed by atoms with Crippen LogP contribution in [0.15, 0.2) is 24.4 Å². The van der Waals surface area contributed by atoms with Crippen LogP contribution in [0.2, 0.25) is 0 Å². The summed E-state index contributed by atoms with van der Waals surface area (Å²) in [6.07, 6.45) is 9.61. The second kappa shape index (κ2) is 10.3. The lowest BCUT2D eigenvalue weighted by Gasteiger charge is -2.42. The summed E-state index contributed by atoms with van der Waals surface area (Å²) in [6, 6.07) is 7.49. The highest BCUT2D eigenvalue weighted by Crippen LogP contribution is 2.46. The molecule has 4 rings (SSSR count). The molecule has 1 aromatic carbocycles. The molecule has 0 spiro atoms. The Kier molecular flexibility index (Phi) is 7.63. The maximum Gasteiger partial charge on any atom is 0.161 e. The van der Waals surface area contributed by atoms with Crippen LogP contribution in [-0.2, 0) is 17.3 Å². The molecule has 1 aliphatic heterocycles. The van der Waals surface area contributed by atoms with Gasteiger partial charge in [0.25, 0.3) is 0 Å². The molecule has 1 fully saturated rings. The van der Waals surface area contributed by atoms with E-state index in [2.05, 4.69) is 63.0 Å². The first-order valence-corrected chi connectivity index (χ1v) is 13.4. The Labute approximate surface area is 206 Å². The van der Waals surface area contributed by atoms with Gasteiger partial charge in [0.05, 0.1) is 0 Å². The fourth-order valence-electron chi connectivity index (χ4n) is 5.63. The lowest BCUT2D eigenvalue weighted by atomic mass is 9.63. The van der Waals surface area contributed by atoms with E-state index in [1.807, 2.05) is 6.20 Å². The van der Waals surface area contributed by atoms with Crippen LogP contribution in [0.4, 0.5) is 5.82 Å². The number of anilines is 1. The molecule has 186 valence electrons. The van der Waals surface area contributed by atoms with Crippen molar-refractivity contribution in [1.29, 1.82) is 0 Å². The minimum Gasteiger partial charge on any atom is -0.396 e. The summed E-state index contributed by atoms with van der Waals surface area (Å²) >= 11 is 0. The van der Waals surface area contributed by atoms with E-state index in [-0.39, 0.29) is 17.4 Å². The third-order valence-corrected chi connectivity index (χ3v) is 8.15. The topological polar surface area (TPSA) is 61.3 Å². The molecule has 0 atom stereocenters. The van der Waals surface area contributed by atoms with Gasteiger partial charge in [0.2, 0.25) is 0 Å². The monoisotopic (exact) mass is 464 g/mol. The molecule has 1 aliphatic carbocycles. The Bertz CT molecular complexity index is 976. The zero-order valence-corrected chi connectivity index (χ0v) is 22.0. The number of aliphatic hydroxyl groups excluding tert-OH is 1.